The van der Waals surface area contributed by atoms with Gasteiger partial charge in [-0.05, 0) is 51.3 Å². The fourth-order valence-electron chi connectivity index (χ4n) is 2.51. The Morgan fingerprint density at radius 3 is 2.86 bits per heavy atom. The van der Waals surface area contributed by atoms with Crippen molar-refractivity contribution in [1.29, 1.82) is 0 Å². The SMILES string of the molecule is Cc1ccc(NC(=O)NC(C)CC2CC(C)NN2)cc1F. The Hall–Kier alpha value is -1.66. The number of hydrogen-bond acceptors (Lipinski definition) is 3. The Kier molecular flexibility index (Phi) is 5.14. The van der Waals surface area contributed by atoms with Crippen molar-refractivity contribution < 1.29 is 9.18 Å². The molecule has 0 spiro atoms. The van der Waals surface area contributed by atoms with Gasteiger partial charge in [0, 0.05) is 23.8 Å². The smallest absolute Gasteiger partial charge is 0.319 e. The third kappa shape index (κ3) is 4.68. The van der Waals surface area contributed by atoms with Crippen molar-refractivity contribution in [3.05, 3.63) is 29.6 Å². The normalized spacial score (nSPS) is 22.9. The number of nitrogens with one attached hydrogen (secondary N) is 4. The maximum Gasteiger partial charge on any atom is 0.319 e. The molecule has 2 rings (SSSR count). The van der Waals surface area contributed by atoms with Gasteiger partial charge in [-0.15, -0.1) is 0 Å². The van der Waals surface area contributed by atoms with E-state index in [0.717, 1.165) is 12.8 Å². The highest BCUT2D eigenvalue weighted by Crippen LogP contribution is 2.14. The number of urea groups is 1. The zero-order chi connectivity index (χ0) is 15.4. The second kappa shape index (κ2) is 6.87. The van der Waals surface area contributed by atoms with Crippen LogP contribution in [0.4, 0.5) is 14.9 Å². The van der Waals surface area contributed by atoms with E-state index in [4.69, 9.17) is 0 Å². The molecule has 1 fully saturated rings. The fraction of sp³-hybridized carbons (Fsp3) is 0.533. The molecule has 6 heteroatoms. The van der Waals surface area contributed by atoms with Crippen LogP contribution in [0.15, 0.2) is 18.2 Å². The minimum Gasteiger partial charge on any atom is -0.335 e. The van der Waals surface area contributed by atoms with Crippen LogP contribution < -0.4 is 21.5 Å². The average Bonchev–Trinajstić information content (AvgIpc) is 2.79. The predicted molar refractivity (Wildman–Crippen MR) is 81.5 cm³/mol. The zero-order valence-corrected chi connectivity index (χ0v) is 12.7. The molecular formula is C15H23FN4O. The van der Waals surface area contributed by atoms with E-state index in [-0.39, 0.29) is 17.9 Å². The summed E-state index contributed by atoms with van der Waals surface area (Å²) in [7, 11) is 0. The van der Waals surface area contributed by atoms with Crippen molar-refractivity contribution in [2.45, 2.75) is 51.7 Å². The lowest BCUT2D eigenvalue weighted by molar-refractivity contribution is 0.247. The molecule has 0 aliphatic carbocycles. The van der Waals surface area contributed by atoms with Crippen LogP contribution >= 0.6 is 0 Å². The van der Waals surface area contributed by atoms with Crippen LogP contribution in [0.1, 0.15) is 32.3 Å². The molecule has 1 aromatic carbocycles. The molecule has 0 radical (unpaired) electrons. The number of carbonyl (C=O) groups is 1. The maximum absolute atomic E-state index is 13.4. The Bertz CT molecular complexity index is 508. The van der Waals surface area contributed by atoms with Crippen LogP contribution in [0, 0.1) is 12.7 Å². The van der Waals surface area contributed by atoms with Crippen molar-refractivity contribution in [2.24, 2.45) is 0 Å². The molecule has 21 heavy (non-hydrogen) atoms. The molecule has 1 saturated heterocycles. The monoisotopic (exact) mass is 294 g/mol. The minimum atomic E-state index is -0.323. The van der Waals surface area contributed by atoms with Crippen LogP contribution in [-0.2, 0) is 0 Å². The first-order valence-electron chi connectivity index (χ1n) is 7.28. The van der Waals surface area contributed by atoms with E-state index in [1.54, 1.807) is 19.1 Å². The summed E-state index contributed by atoms with van der Waals surface area (Å²) in [6, 6.07) is 5.17. The van der Waals surface area contributed by atoms with Gasteiger partial charge in [-0.1, -0.05) is 6.07 Å². The molecule has 0 saturated carbocycles. The Morgan fingerprint density at radius 1 is 1.48 bits per heavy atom. The molecule has 3 atom stereocenters. The van der Waals surface area contributed by atoms with E-state index in [1.807, 2.05) is 6.92 Å². The van der Waals surface area contributed by atoms with E-state index in [1.165, 1.54) is 6.07 Å². The highest BCUT2D eigenvalue weighted by Gasteiger charge is 2.22. The van der Waals surface area contributed by atoms with Gasteiger partial charge < -0.3 is 10.6 Å². The maximum atomic E-state index is 13.4. The number of hydrogen-bond donors (Lipinski definition) is 4. The van der Waals surface area contributed by atoms with Gasteiger partial charge in [-0.25, -0.2) is 9.18 Å². The lowest BCUT2D eigenvalue weighted by Gasteiger charge is -2.18. The lowest BCUT2D eigenvalue weighted by atomic mass is 10.0. The largest absolute Gasteiger partial charge is 0.335 e. The second-order valence-corrected chi connectivity index (χ2v) is 5.82. The molecule has 1 aliphatic rings. The van der Waals surface area contributed by atoms with Gasteiger partial charge in [0.05, 0.1) is 0 Å². The van der Waals surface area contributed by atoms with Gasteiger partial charge in [-0.3, -0.25) is 10.9 Å². The summed E-state index contributed by atoms with van der Waals surface area (Å²) in [4.78, 5) is 11.9. The Balaban J connectivity index is 1.79. The molecule has 5 nitrogen and oxygen atoms in total. The molecule has 1 heterocycles. The molecule has 116 valence electrons. The van der Waals surface area contributed by atoms with Crippen LogP contribution in [0.3, 0.4) is 0 Å². The van der Waals surface area contributed by atoms with Crippen LogP contribution in [0.25, 0.3) is 0 Å². The van der Waals surface area contributed by atoms with Crippen molar-refractivity contribution in [3.63, 3.8) is 0 Å². The first-order valence-corrected chi connectivity index (χ1v) is 7.28. The Morgan fingerprint density at radius 2 is 2.24 bits per heavy atom. The standard InChI is InChI=1S/C15H23FN4O/c1-9-4-5-12(8-14(9)16)18-15(21)17-10(2)6-13-7-11(3)19-20-13/h4-5,8,10-11,13,19-20H,6-7H2,1-3H3,(H2,17,18,21). The molecule has 1 aromatic rings. The molecule has 0 aromatic heterocycles. The van der Waals surface area contributed by atoms with Crippen LogP contribution in [-0.4, -0.2) is 24.2 Å². The number of amides is 2. The highest BCUT2D eigenvalue weighted by molar-refractivity contribution is 5.89. The number of rotatable bonds is 4. The van der Waals surface area contributed by atoms with Crippen LogP contribution in [0.5, 0.6) is 0 Å². The molecule has 4 N–H and O–H groups in total. The minimum absolute atomic E-state index is 0.0323. The fourth-order valence-corrected chi connectivity index (χ4v) is 2.51. The number of benzene rings is 1. The van der Waals surface area contributed by atoms with Gasteiger partial charge in [0.15, 0.2) is 0 Å². The first-order chi connectivity index (χ1) is 9.94. The van der Waals surface area contributed by atoms with Gasteiger partial charge in [0.2, 0.25) is 0 Å². The predicted octanol–water partition coefficient (Wildman–Crippen LogP) is 2.29. The summed E-state index contributed by atoms with van der Waals surface area (Å²) in [5.74, 6) is -0.323. The quantitative estimate of drug-likeness (QED) is 0.689. The Labute approximate surface area is 124 Å². The van der Waals surface area contributed by atoms with E-state index < -0.39 is 0 Å². The molecule has 2 amide bonds. The van der Waals surface area contributed by atoms with Crippen molar-refractivity contribution in [3.8, 4) is 0 Å². The van der Waals surface area contributed by atoms with Gasteiger partial charge >= 0.3 is 6.03 Å². The lowest BCUT2D eigenvalue weighted by Crippen LogP contribution is -2.41. The van der Waals surface area contributed by atoms with E-state index in [0.29, 0.717) is 23.3 Å². The first kappa shape index (κ1) is 15.7. The molecule has 0 bridgehead atoms. The third-order valence-electron chi connectivity index (χ3n) is 3.62. The summed E-state index contributed by atoms with van der Waals surface area (Å²) >= 11 is 0. The van der Waals surface area contributed by atoms with E-state index >= 15 is 0 Å². The van der Waals surface area contributed by atoms with Crippen molar-refractivity contribution >= 4 is 11.7 Å². The topological polar surface area (TPSA) is 65.2 Å². The number of anilines is 1. The number of aryl methyl sites for hydroxylation is 1. The zero-order valence-electron chi connectivity index (χ0n) is 12.7. The second-order valence-electron chi connectivity index (χ2n) is 5.82. The molecule has 1 aliphatic heterocycles. The molecule has 3 unspecified atom stereocenters. The van der Waals surface area contributed by atoms with Crippen molar-refractivity contribution in [2.75, 3.05) is 5.32 Å². The average molecular weight is 294 g/mol. The summed E-state index contributed by atoms with van der Waals surface area (Å²) in [5, 5.41) is 5.51. The van der Waals surface area contributed by atoms with Gasteiger partial charge in [-0.2, -0.15) is 0 Å². The van der Waals surface area contributed by atoms with Crippen LogP contribution in [0.2, 0.25) is 0 Å². The third-order valence-corrected chi connectivity index (χ3v) is 3.62. The van der Waals surface area contributed by atoms with E-state index in [9.17, 15) is 9.18 Å². The summed E-state index contributed by atoms with van der Waals surface area (Å²) in [6.07, 6.45) is 1.88. The van der Waals surface area contributed by atoms with Crippen molar-refractivity contribution in [1.82, 2.24) is 16.2 Å². The van der Waals surface area contributed by atoms with Gasteiger partial charge in [0.1, 0.15) is 5.82 Å². The number of hydrazine groups is 1. The summed E-state index contributed by atoms with van der Waals surface area (Å²) in [6.45, 7) is 5.76. The van der Waals surface area contributed by atoms with E-state index in [2.05, 4.69) is 28.4 Å². The summed E-state index contributed by atoms with van der Waals surface area (Å²) < 4.78 is 13.4. The van der Waals surface area contributed by atoms with Gasteiger partial charge in [0.25, 0.3) is 0 Å². The molecular weight excluding hydrogens is 271 g/mol. The number of halogens is 1. The number of carbonyl (C=O) groups excluding carboxylic acids is 1. The summed E-state index contributed by atoms with van der Waals surface area (Å²) in [5.41, 5.74) is 7.38. The highest BCUT2D eigenvalue weighted by atomic mass is 19.1.